The Morgan fingerprint density at radius 1 is 1.03 bits per heavy atom. The maximum atomic E-state index is 12.9. The lowest BCUT2D eigenvalue weighted by atomic mass is 9.94. The topological polar surface area (TPSA) is 43.2 Å². The van der Waals surface area contributed by atoms with Crippen molar-refractivity contribution in [1.82, 2.24) is 19.7 Å². The van der Waals surface area contributed by atoms with Crippen LogP contribution in [-0.4, -0.2) is 46.4 Å². The molecule has 188 valence electrons. The van der Waals surface area contributed by atoms with Gasteiger partial charge in [0.05, 0.1) is 12.7 Å². The molecule has 2 aliphatic rings. The Kier molecular flexibility index (Phi) is 7.16. The van der Waals surface area contributed by atoms with Crippen LogP contribution < -0.4 is 4.74 Å². The summed E-state index contributed by atoms with van der Waals surface area (Å²) in [5, 5.41) is 8.75. The minimum Gasteiger partial charge on any atom is -0.497 e. The van der Waals surface area contributed by atoms with E-state index in [0.717, 1.165) is 73.8 Å². The zero-order valence-corrected chi connectivity index (χ0v) is 20.7. The molecule has 2 fully saturated rings. The third kappa shape index (κ3) is 5.05. The van der Waals surface area contributed by atoms with Crippen molar-refractivity contribution in [2.75, 3.05) is 26.7 Å². The van der Waals surface area contributed by atoms with Gasteiger partial charge in [0, 0.05) is 37.5 Å². The van der Waals surface area contributed by atoms with Crippen LogP contribution in [0, 0.1) is 5.92 Å². The molecule has 0 amide bonds. The summed E-state index contributed by atoms with van der Waals surface area (Å²) in [4.78, 5) is 2.46. The summed E-state index contributed by atoms with van der Waals surface area (Å²) < 4.78 is 45.9. The number of fused-ring (bicyclic) bond motifs is 1. The van der Waals surface area contributed by atoms with Crippen LogP contribution in [0.4, 0.5) is 13.2 Å². The second-order valence-corrected chi connectivity index (χ2v) is 9.55. The standard InChI is InChI=1S/C26H29F3N4O.ClH/c1-32-23(30-31-24(32)18-6-12-22(34-2)13-7-18)5-3-4-14-33-16-21-15-25(21,17-33)19-8-10-20(11-9-19)26(27,28)29;/h6-13,21H,3-5,14-17H2,1-2H3;1H/t21-,25+;/m0./s1. The maximum Gasteiger partial charge on any atom is 0.416 e. The number of hydrogen-bond donors (Lipinski definition) is 0. The molecule has 2 aromatic carbocycles. The second kappa shape index (κ2) is 9.82. The van der Waals surface area contributed by atoms with Crippen molar-refractivity contribution in [3.8, 4) is 17.1 Å². The average Bonchev–Trinajstić information content (AvgIpc) is 3.21. The van der Waals surface area contributed by atoms with Crippen LogP contribution >= 0.6 is 12.4 Å². The summed E-state index contributed by atoms with van der Waals surface area (Å²) in [6, 6.07) is 13.6. The number of likely N-dealkylation sites (tertiary alicyclic amines) is 1. The first-order valence-electron chi connectivity index (χ1n) is 11.7. The van der Waals surface area contributed by atoms with Crippen LogP contribution in [0.1, 0.15) is 36.2 Å². The highest BCUT2D eigenvalue weighted by Gasteiger charge is 2.60. The first kappa shape index (κ1) is 25.5. The molecular weight excluding hydrogens is 477 g/mol. The van der Waals surface area contributed by atoms with Gasteiger partial charge in [0.15, 0.2) is 5.82 Å². The van der Waals surface area contributed by atoms with E-state index in [1.54, 1.807) is 19.2 Å². The van der Waals surface area contributed by atoms with Gasteiger partial charge in [-0.05, 0) is 73.7 Å². The molecule has 1 saturated carbocycles. The molecule has 1 aromatic heterocycles. The highest BCUT2D eigenvalue weighted by atomic mass is 35.5. The molecule has 5 rings (SSSR count). The van der Waals surface area contributed by atoms with Gasteiger partial charge in [-0.1, -0.05) is 12.1 Å². The van der Waals surface area contributed by atoms with Crippen molar-refractivity contribution in [1.29, 1.82) is 0 Å². The number of aryl methyl sites for hydroxylation is 1. The third-order valence-electron chi connectivity index (χ3n) is 7.44. The number of piperidine rings is 1. The van der Waals surface area contributed by atoms with Gasteiger partial charge < -0.3 is 14.2 Å². The molecule has 1 saturated heterocycles. The van der Waals surface area contributed by atoms with Crippen LogP contribution in [0.3, 0.4) is 0 Å². The molecule has 0 unspecified atom stereocenters. The van der Waals surface area contributed by atoms with Gasteiger partial charge in [0.2, 0.25) is 0 Å². The quantitative estimate of drug-likeness (QED) is 0.377. The number of nitrogens with zero attached hydrogens (tertiary/aromatic N) is 4. The van der Waals surface area contributed by atoms with E-state index >= 15 is 0 Å². The van der Waals surface area contributed by atoms with E-state index in [9.17, 15) is 13.2 Å². The molecule has 2 heterocycles. The lowest BCUT2D eigenvalue weighted by Gasteiger charge is -2.21. The van der Waals surface area contributed by atoms with Crippen molar-refractivity contribution in [3.05, 3.63) is 65.5 Å². The summed E-state index contributed by atoms with van der Waals surface area (Å²) >= 11 is 0. The number of methoxy groups -OCH3 is 1. The summed E-state index contributed by atoms with van der Waals surface area (Å²) in [5.74, 6) is 3.19. The fourth-order valence-corrected chi connectivity index (χ4v) is 5.38. The zero-order chi connectivity index (χ0) is 23.9. The first-order chi connectivity index (χ1) is 16.3. The zero-order valence-electron chi connectivity index (χ0n) is 19.9. The van der Waals surface area contributed by atoms with Gasteiger partial charge in [-0.3, -0.25) is 0 Å². The van der Waals surface area contributed by atoms with Gasteiger partial charge in [-0.15, -0.1) is 22.6 Å². The molecule has 9 heteroatoms. The predicted molar refractivity (Wildman–Crippen MR) is 131 cm³/mol. The third-order valence-corrected chi connectivity index (χ3v) is 7.44. The van der Waals surface area contributed by atoms with Crippen LogP contribution in [0.25, 0.3) is 11.4 Å². The molecule has 0 radical (unpaired) electrons. The van der Waals surface area contributed by atoms with E-state index in [1.165, 1.54) is 12.1 Å². The number of unbranched alkanes of at least 4 members (excludes halogenated alkanes) is 1. The van der Waals surface area contributed by atoms with E-state index < -0.39 is 11.7 Å². The van der Waals surface area contributed by atoms with Gasteiger partial charge in [0.25, 0.3) is 0 Å². The van der Waals surface area contributed by atoms with E-state index in [2.05, 4.69) is 15.1 Å². The van der Waals surface area contributed by atoms with Crippen LogP contribution in [0.2, 0.25) is 0 Å². The van der Waals surface area contributed by atoms with Gasteiger partial charge in [-0.25, -0.2) is 0 Å². The number of alkyl halides is 3. The van der Waals surface area contributed by atoms with E-state index in [0.29, 0.717) is 5.92 Å². The first-order valence-corrected chi connectivity index (χ1v) is 11.7. The number of hydrogen-bond acceptors (Lipinski definition) is 4. The Balaban J connectivity index is 0.00000289. The molecule has 1 aliphatic carbocycles. The fraction of sp³-hybridized carbons (Fsp3) is 0.462. The van der Waals surface area contributed by atoms with Crippen molar-refractivity contribution in [3.63, 3.8) is 0 Å². The van der Waals surface area contributed by atoms with Crippen molar-refractivity contribution in [2.24, 2.45) is 13.0 Å². The largest absolute Gasteiger partial charge is 0.497 e. The summed E-state index contributed by atoms with van der Waals surface area (Å²) in [6.45, 7) is 2.98. The van der Waals surface area contributed by atoms with Crippen molar-refractivity contribution < 1.29 is 17.9 Å². The number of benzene rings is 2. The molecule has 2 atom stereocenters. The van der Waals surface area contributed by atoms with Gasteiger partial charge in [0.1, 0.15) is 11.6 Å². The summed E-state index contributed by atoms with van der Waals surface area (Å²) in [6.07, 6.45) is -0.258. The molecule has 0 spiro atoms. The Bertz CT molecular complexity index is 1150. The Labute approximate surface area is 209 Å². The Morgan fingerprint density at radius 2 is 1.74 bits per heavy atom. The average molecular weight is 507 g/mol. The number of aromatic nitrogens is 3. The Morgan fingerprint density at radius 3 is 2.40 bits per heavy atom. The SMILES string of the molecule is COc1ccc(-c2nnc(CCCCN3C[C@@H]4C[C@]4(c4ccc(C(F)(F)F)cc4)C3)n2C)cc1.Cl. The van der Waals surface area contributed by atoms with Crippen molar-refractivity contribution >= 4 is 12.4 Å². The Hall–Kier alpha value is -2.58. The molecule has 3 aromatic rings. The monoisotopic (exact) mass is 506 g/mol. The highest BCUT2D eigenvalue weighted by Crippen LogP contribution is 2.59. The van der Waals surface area contributed by atoms with E-state index in [4.69, 9.17) is 4.74 Å². The molecule has 0 bridgehead atoms. The number of halogens is 4. The fourth-order valence-electron chi connectivity index (χ4n) is 5.38. The minimum absolute atomic E-state index is 0. The lowest BCUT2D eigenvalue weighted by molar-refractivity contribution is -0.137. The predicted octanol–water partition coefficient (Wildman–Crippen LogP) is 5.53. The number of rotatable bonds is 8. The normalized spacial score (nSPS) is 21.5. The van der Waals surface area contributed by atoms with Gasteiger partial charge >= 0.3 is 6.18 Å². The summed E-state index contributed by atoms with van der Waals surface area (Å²) in [5.41, 5.74) is 1.55. The molecule has 35 heavy (non-hydrogen) atoms. The smallest absolute Gasteiger partial charge is 0.416 e. The van der Waals surface area contributed by atoms with Crippen LogP contribution in [-0.2, 0) is 25.1 Å². The minimum atomic E-state index is -4.28. The second-order valence-electron chi connectivity index (χ2n) is 9.55. The summed E-state index contributed by atoms with van der Waals surface area (Å²) in [7, 11) is 3.64. The number of ether oxygens (including phenoxy) is 1. The van der Waals surface area contributed by atoms with Crippen LogP contribution in [0.5, 0.6) is 5.75 Å². The lowest BCUT2D eigenvalue weighted by Crippen LogP contribution is -2.27. The van der Waals surface area contributed by atoms with Gasteiger partial charge in [-0.2, -0.15) is 13.2 Å². The maximum absolute atomic E-state index is 12.9. The van der Waals surface area contributed by atoms with E-state index in [1.807, 2.05) is 35.9 Å². The van der Waals surface area contributed by atoms with E-state index in [-0.39, 0.29) is 17.8 Å². The van der Waals surface area contributed by atoms with Crippen molar-refractivity contribution in [2.45, 2.75) is 37.3 Å². The molecule has 5 nitrogen and oxygen atoms in total. The molecule has 0 N–H and O–H groups in total. The molecule has 1 aliphatic heterocycles. The molecular formula is C26H30ClF3N4O. The van der Waals surface area contributed by atoms with Crippen LogP contribution in [0.15, 0.2) is 48.5 Å². The highest BCUT2D eigenvalue weighted by molar-refractivity contribution is 5.85.